The molecule has 1 amide bonds. The van der Waals surface area contributed by atoms with Crippen molar-refractivity contribution in [2.24, 2.45) is 0 Å². The minimum absolute atomic E-state index is 0.185. The van der Waals surface area contributed by atoms with Crippen molar-refractivity contribution in [2.45, 2.75) is 49.2 Å². The average Bonchev–Trinajstić information content (AvgIpc) is 3.18. The monoisotopic (exact) mass is 505 g/mol. The Morgan fingerprint density at radius 3 is 2.59 bits per heavy atom. The molecule has 186 valence electrons. The number of hydrogen-bond acceptors (Lipinski definition) is 6. The Balaban J connectivity index is 2.07. The van der Waals surface area contributed by atoms with Gasteiger partial charge in [-0.25, -0.2) is 9.37 Å². The van der Waals surface area contributed by atoms with Gasteiger partial charge < -0.3 is 19.7 Å². The van der Waals surface area contributed by atoms with E-state index in [0.717, 1.165) is 24.1 Å². The highest BCUT2D eigenvalue weighted by Gasteiger charge is 2.63. The second-order valence-corrected chi connectivity index (χ2v) is 8.82. The number of pyridine rings is 1. The van der Waals surface area contributed by atoms with E-state index in [-0.39, 0.29) is 5.69 Å². The summed E-state index contributed by atoms with van der Waals surface area (Å²) in [5.41, 5.74) is -2.57. The van der Waals surface area contributed by atoms with Crippen LogP contribution in [0.25, 0.3) is 0 Å². The minimum atomic E-state index is -4.84. The standard InChI is InChI=1S/C22H24F5N3O3S/c1-12(2)33-19-15(6-5-14(23)18(19)24)30-11-21(32-3,22(25,26)27)10-16(30)20(31)29-13-7-8-28-17(9-13)34-4/h5-9,12,16H,10-11H2,1-4H3,(H,28,29,31). The lowest BCUT2D eigenvalue weighted by Gasteiger charge is -2.31. The van der Waals surface area contributed by atoms with Gasteiger partial charge in [-0.05, 0) is 44.4 Å². The molecule has 0 saturated carbocycles. The molecule has 34 heavy (non-hydrogen) atoms. The van der Waals surface area contributed by atoms with Gasteiger partial charge in [-0.15, -0.1) is 11.8 Å². The van der Waals surface area contributed by atoms with Crippen LogP contribution in [0.5, 0.6) is 5.75 Å². The number of hydrogen-bond donors (Lipinski definition) is 1. The molecule has 0 spiro atoms. The molecule has 0 aliphatic carbocycles. The van der Waals surface area contributed by atoms with E-state index < -0.39 is 60.2 Å². The number of thioether (sulfide) groups is 1. The molecule has 12 heteroatoms. The zero-order valence-corrected chi connectivity index (χ0v) is 19.7. The molecule has 0 bridgehead atoms. The van der Waals surface area contributed by atoms with Crippen molar-refractivity contribution >= 4 is 29.0 Å². The summed E-state index contributed by atoms with van der Waals surface area (Å²) in [6, 6.07) is 3.51. The number of benzene rings is 1. The molecule has 6 nitrogen and oxygen atoms in total. The number of aromatic nitrogens is 1. The van der Waals surface area contributed by atoms with Gasteiger partial charge in [0.15, 0.2) is 17.2 Å². The topological polar surface area (TPSA) is 63.7 Å². The van der Waals surface area contributed by atoms with Gasteiger partial charge in [0.1, 0.15) is 6.04 Å². The normalized spacial score (nSPS) is 20.6. The quantitative estimate of drug-likeness (QED) is 0.421. The van der Waals surface area contributed by atoms with Gasteiger partial charge in [-0.1, -0.05) is 0 Å². The van der Waals surface area contributed by atoms with Crippen molar-refractivity contribution in [3.05, 3.63) is 42.1 Å². The van der Waals surface area contributed by atoms with Crippen LogP contribution in [-0.4, -0.2) is 54.7 Å². The SMILES string of the molecule is COC1(C(F)(F)F)CC(C(=O)Nc2ccnc(SC)c2)N(c2ccc(F)c(F)c2OC(C)C)C1. The first-order chi connectivity index (χ1) is 15.9. The number of amides is 1. The van der Waals surface area contributed by atoms with E-state index in [1.807, 2.05) is 0 Å². The van der Waals surface area contributed by atoms with Crippen molar-refractivity contribution in [3.8, 4) is 5.75 Å². The van der Waals surface area contributed by atoms with Crippen LogP contribution in [0.1, 0.15) is 20.3 Å². The summed E-state index contributed by atoms with van der Waals surface area (Å²) in [5, 5.41) is 3.19. The molecule has 1 saturated heterocycles. The Hall–Kier alpha value is -2.60. The molecular formula is C22H24F5N3O3S. The van der Waals surface area contributed by atoms with Crippen LogP contribution < -0.4 is 15.0 Å². The summed E-state index contributed by atoms with van der Waals surface area (Å²) in [6.07, 6.45) is -2.98. The fourth-order valence-corrected chi connectivity index (χ4v) is 4.16. The number of rotatable bonds is 7. The van der Waals surface area contributed by atoms with Crippen molar-refractivity contribution in [1.29, 1.82) is 0 Å². The maximum Gasteiger partial charge on any atom is 0.419 e. The summed E-state index contributed by atoms with van der Waals surface area (Å²) in [7, 11) is 0.899. The van der Waals surface area contributed by atoms with Gasteiger partial charge in [-0.2, -0.15) is 17.6 Å². The lowest BCUT2D eigenvalue weighted by Crippen LogP contribution is -2.49. The molecule has 2 heterocycles. The average molecular weight is 506 g/mol. The summed E-state index contributed by atoms with van der Waals surface area (Å²) in [6.45, 7) is 2.30. The molecular weight excluding hydrogens is 481 g/mol. The van der Waals surface area contributed by atoms with Crippen LogP contribution in [-0.2, 0) is 9.53 Å². The van der Waals surface area contributed by atoms with Crippen molar-refractivity contribution in [2.75, 3.05) is 30.1 Å². The number of methoxy groups -OCH3 is 1. The van der Waals surface area contributed by atoms with E-state index >= 15 is 0 Å². The third-order valence-electron chi connectivity index (χ3n) is 5.44. The molecule has 2 unspecified atom stereocenters. The Kier molecular flexibility index (Phi) is 7.61. The molecule has 1 aromatic carbocycles. The third-order valence-corrected chi connectivity index (χ3v) is 6.08. The van der Waals surface area contributed by atoms with Crippen molar-refractivity contribution < 1.29 is 36.2 Å². The van der Waals surface area contributed by atoms with Gasteiger partial charge in [0.05, 0.1) is 23.4 Å². The Morgan fingerprint density at radius 2 is 2.00 bits per heavy atom. The van der Waals surface area contributed by atoms with E-state index in [1.165, 1.54) is 24.0 Å². The summed E-state index contributed by atoms with van der Waals surface area (Å²) >= 11 is 1.32. The Labute approximate surface area is 197 Å². The molecule has 1 N–H and O–H groups in total. The second kappa shape index (κ2) is 9.95. The molecule has 1 aromatic heterocycles. The van der Waals surface area contributed by atoms with Crippen molar-refractivity contribution in [3.63, 3.8) is 0 Å². The first kappa shape index (κ1) is 26.0. The summed E-state index contributed by atoms with van der Waals surface area (Å²) in [5.74, 6) is -3.93. The zero-order valence-electron chi connectivity index (χ0n) is 18.9. The third kappa shape index (κ3) is 5.07. The Bertz CT molecular complexity index is 1050. The van der Waals surface area contributed by atoms with Crippen LogP contribution in [0.3, 0.4) is 0 Å². The van der Waals surface area contributed by atoms with Crippen LogP contribution >= 0.6 is 11.8 Å². The van der Waals surface area contributed by atoms with Gasteiger partial charge in [-0.3, -0.25) is 4.79 Å². The van der Waals surface area contributed by atoms with E-state index in [4.69, 9.17) is 9.47 Å². The van der Waals surface area contributed by atoms with E-state index in [1.54, 1.807) is 26.2 Å². The lowest BCUT2D eigenvalue weighted by molar-refractivity contribution is -0.261. The maximum atomic E-state index is 14.7. The fourth-order valence-electron chi connectivity index (χ4n) is 3.75. The van der Waals surface area contributed by atoms with Crippen molar-refractivity contribution in [1.82, 2.24) is 4.98 Å². The van der Waals surface area contributed by atoms with Crippen LogP contribution in [0.2, 0.25) is 0 Å². The van der Waals surface area contributed by atoms with E-state index in [9.17, 15) is 26.7 Å². The molecule has 1 aliphatic rings. The smallest absolute Gasteiger partial charge is 0.419 e. The number of nitrogens with zero attached hydrogens (tertiary/aromatic N) is 2. The summed E-state index contributed by atoms with van der Waals surface area (Å²) in [4.78, 5) is 18.3. The minimum Gasteiger partial charge on any atom is -0.486 e. The largest absolute Gasteiger partial charge is 0.486 e. The van der Waals surface area contributed by atoms with Gasteiger partial charge in [0, 0.05) is 25.4 Å². The molecule has 3 rings (SSSR count). The van der Waals surface area contributed by atoms with E-state index in [0.29, 0.717) is 10.7 Å². The van der Waals surface area contributed by atoms with Gasteiger partial charge in [0.2, 0.25) is 11.7 Å². The number of carbonyl (C=O) groups excluding carboxylic acids is 1. The Morgan fingerprint density at radius 1 is 1.29 bits per heavy atom. The molecule has 2 aromatic rings. The maximum absolute atomic E-state index is 14.7. The van der Waals surface area contributed by atoms with E-state index in [2.05, 4.69) is 10.3 Å². The predicted molar refractivity (Wildman–Crippen MR) is 118 cm³/mol. The van der Waals surface area contributed by atoms with Crippen LogP contribution in [0.15, 0.2) is 35.5 Å². The molecule has 1 fully saturated rings. The van der Waals surface area contributed by atoms with Gasteiger partial charge in [0.25, 0.3) is 0 Å². The van der Waals surface area contributed by atoms with Gasteiger partial charge >= 0.3 is 6.18 Å². The van der Waals surface area contributed by atoms with Crippen LogP contribution in [0.4, 0.5) is 33.3 Å². The number of halogens is 5. The molecule has 0 radical (unpaired) electrons. The highest BCUT2D eigenvalue weighted by Crippen LogP contribution is 2.47. The first-order valence-corrected chi connectivity index (χ1v) is 11.5. The highest BCUT2D eigenvalue weighted by atomic mass is 32.2. The second-order valence-electron chi connectivity index (χ2n) is 8.00. The number of carbonyl (C=O) groups is 1. The first-order valence-electron chi connectivity index (χ1n) is 10.3. The summed E-state index contributed by atoms with van der Waals surface area (Å²) < 4.78 is 81.1. The zero-order chi connectivity index (χ0) is 25.3. The fraction of sp³-hybridized carbons (Fsp3) is 0.455. The molecule has 1 aliphatic heterocycles. The predicted octanol–water partition coefficient (Wildman–Crippen LogP) is 5.03. The number of ether oxygens (including phenoxy) is 2. The van der Waals surface area contributed by atoms with Crippen LogP contribution in [0, 0.1) is 11.6 Å². The molecule has 2 atom stereocenters. The highest BCUT2D eigenvalue weighted by molar-refractivity contribution is 7.98. The number of anilines is 2. The number of alkyl halides is 3. The lowest BCUT2D eigenvalue weighted by atomic mass is 9.99. The number of nitrogens with one attached hydrogen (secondary N) is 1.